The van der Waals surface area contributed by atoms with Gasteiger partial charge in [-0.3, -0.25) is 14.4 Å². The number of amides is 3. The predicted molar refractivity (Wildman–Crippen MR) is 131 cm³/mol. The minimum Gasteiger partial charge on any atom is -0.366 e. The Hall–Kier alpha value is -3.26. The molecule has 7 nitrogen and oxygen atoms in total. The molecule has 2 heterocycles. The highest BCUT2D eigenvalue weighted by Crippen LogP contribution is 2.30. The van der Waals surface area contributed by atoms with Gasteiger partial charge in [-0.05, 0) is 49.1 Å². The smallest absolute Gasteiger partial charge is 0.248 e. The van der Waals surface area contributed by atoms with Crippen LogP contribution in [0.1, 0.15) is 30.1 Å². The second kappa shape index (κ2) is 10.1. The van der Waals surface area contributed by atoms with Gasteiger partial charge in [0.05, 0.1) is 5.75 Å². The molecule has 33 heavy (non-hydrogen) atoms. The van der Waals surface area contributed by atoms with Crippen LogP contribution in [0.2, 0.25) is 0 Å². The van der Waals surface area contributed by atoms with E-state index in [-0.39, 0.29) is 17.6 Å². The van der Waals surface area contributed by atoms with E-state index in [0.29, 0.717) is 23.7 Å². The predicted octanol–water partition coefficient (Wildman–Crippen LogP) is 3.73. The highest BCUT2D eigenvalue weighted by atomic mass is 32.2. The number of piperidine rings is 1. The molecule has 1 aliphatic heterocycles. The van der Waals surface area contributed by atoms with Crippen LogP contribution in [0.25, 0.3) is 10.9 Å². The Morgan fingerprint density at radius 1 is 1.06 bits per heavy atom. The van der Waals surface area contributed by atoms with Gasteiger partial charge in [-0.15, -0.1) is 11.8 Å². The molecular weight excluding hydrogens is 436 g/mol. The average molecular weight is 465 g/mol. The maximum absolute atomic E-state index is 12.9. The highest BCUT2D eigenvalue weighted by molar-refractivity contribution is 8.00. The minimum absolute atomic E-state index is 0.136. The van der Waals surface area contributed by atoms with Gasteiger partial charge in [0.2, 0.25) is 17.7 Å². The molecule has 172 valence electrons. The molecule has 8 heteroatoms. The number of carbonyl (C=O) groups excluding carboxylic acids is 3. The first kappa shape index (κ1) is 22.9. The Balaban J connectivity index is 1.41. The Kier molecular flexibility index (Phi) is 7.03. The van der Waals surface area contributed by atoms with Crippen molar-refractivity contribution < 1.29 is 14.4 Å². The number of nitrogens with zero attached hydrogens (tertiary/aromatic N) is 2. The molecule has 0 saturated carbocycles. The fourth-order valence-corrected chi connectivity index (χ4v) is 4.91. The fraction of sp³-hybridized carbons (Fsp3) is 0.320. The van der Waals surface area contributed by atoms with E-state index in [1.807, 2.05) is 39.9 Å². The molecular formula is C25H28N4O3S. The van der Waals surface area contributed by atoms with Crippen LogP contribution in [-0.4, -0.2) is 46.0 Å². The molecule has 0 spiro atoms. The molecule has 0 radical (unpaired) electrons. The normalized spacial score (nSPS) is 14.4. The van der Waals surface area contributed by atoms with Crippen molar-refractivity contribution in [2.24, 2.45) is 11.7 Å². The SMILES string of the molecule is CC1CCN(C(=O)Cn2cc(SCC(=O)Nc3ccc(C(N)=O)cc3)c3ccccc32)CC1. The van der Waals surface area contributed by atoms with Crippen molar-refractivity contribution >= 4 is 46.1 Å². The number of aromatic nitrogens is 1. The molecule has 0 aliphatic carbocycles. The van der Waals surface area contributed by atoms with Crippen molar-refractivity contribution in [3.8, 4) is 0 Å². The van der Waals surface area contributed by atoms with E-state index in [9.17, 15) is 14.4 Å². The zero-order valence-electron chi connectivity index (χ0n) is 18.6. The second-order valence-electron chi connectivity index (χ2n) is 8.48. The number of fused-ring (bicyclic) bond motifs is 1. The summed E-state index contributed by atoms with van der Waals surface area (Å²) in [6.07, 6.45) is 4.08. The first-order valence-corrected chi connectivity index (χ1v) is 12.1. The van der Waals surface area contributed by atoms with Gasteiger partial charge in [0, 0.05) is 46.3 Å². The van der Waals surface area contributed by atoms with Crippen LogP contribution in [0, 0.1) is 5.92 Å². The molecule has 1 aliphatic rings. The quantitative estimate of drug-likeness (QED) is 0.521. The number of thioether (sulfide) groups is 1. The lowest BCUT2D eigenvalue weighted by Crippen LogP contribution is -2.39. The molecule has 1 aromatic heterocycles. The molecule has 1 saturated heterocycles. The van der Waals surface area contributed by atoms with Crippen molar-refractivity contribution in [1.82, 2.24) is 9.47 Å². The molecule has 1 fully saturated rings. The Bertz CT molecular complexity index is 1160. The van der Waals surface area contributed by atoms with Gasteiger partial charge in [-0.25, -0.2) is 0 Å². The summed E-state index contributed by atoms with van der Waals surface area (Å²) in [6.45, 7) is 4.17. The van der Waals surface area contributed by atoms with Crippen LogP contribution in [-0.2, 0) is 16.1 Å². The van der Waals surface area contributed by atoms with Gasteiger partial charge < -0.3 is 20.5 Å². The Labute approximate surface area is 197 Å². The van der Waals surface area contributed by atoms with Crippen molar-refractivity contribution in [1.29, 1.82) is 0 Å². The van der Waals surface area contributed by atoms with Gasteiger partial charge >= 0.3 is 0 Å². The third-order valence-electron chi connectivity index (χ3n) is 6.01. The summed E-state index contributed by atoms with van der Waals surface area (Å²) in [7, 11) is 0. The number of benzene rings is 2. The van der Waals surface area contributed by atoms with Crippen LogP contribution in [0.4, 0.5) is 5.69 Å². The van der Waals surface area contributed by atoms with Crippen LogP contribution in [0.3, 0.4) is 0 Å². The monoisotopic (exact) mass is 464 g/mol. The number of carbonyl (C=O) groups is 3. The minimum atomic E-state index is -0.506. The number of anilines is 1. The number of primary amides is 1. The maximum atomic E-state index is 12.9. The van der Waals surface area contributed by atoms with E-state index < -0.39 is 5.91 Å². The van der Waals surface area contributed by atoms with Crippen LogP contribution in [0.5, 0.6) is 0 Å². The average Bonchev–Trinajstić information content (AvgIpc) is 3.16. The summed E-state index contributed by atoms with van der Waals surface area (Å²) in [5.41, 5.74) is 7.23. The zero-order valence-corrected chi connectivity index (χ0v) is 19.4. The summed E-state index contributed by atoms with van der Waals surface area (Å²) in [6, 6.07) is 14.4. The van der Waals surface area contributed by atoms with E-state index in [4.69, 9.17) is 5.73 Å². The third kappa shape index (κ3) is 5.57. The van der Waals surface area contributed by atoms with Gasteiger partial charge in [0.15, 0.2) is 0 Å². The number of likely N-dealkylation sites (tertiary alicyclic amines) is 1. The van der Waals surface area contributed by atoms with Crippen molar-refractivity contribution in [2.75, 3.05) is 24.2 Å². The summed E-state index contributed by atoms with van der Waals surface area (Å²) in [5, 5.41) is 3.86. The zero-order chi connectivity index (χ0) is 23.4. The molecule has 0 atom stereocenters. The Morgan fingerprint density at radius 2 is 1.76 bits per heavy atom. The van der Waals surface area contributed by atoms with E-state index >= 15 is 0 Å². The molecule has 3 amide bonds. The van der Waals surface area contributed by atoms with E-state index in [2.05, 4.69) is 12.2 Å². The van der Waals surface area contributed by atoms with Crippen LogP contribution >= 0.6 is 11.8 Å². The maximum Gasteiger partial charge on any atom is 0.248 e. The molecule has 3 aromatic rings. The lowest BCUT2D eigenvalue weighted by molar-refractivity contribution is -0.133. The van der Waals surface area contributed by atoms with E-state index in [1.54, 1.807) is 24.3 Å². The molecule has 0 unspecified atom stereocenters. The first-order valence-electron chi connectivity index (χ1n) is 11.1. The standard InChI is InChI=1S/C25H28N4O3S/c1-17-10-12-28(13-11-17)24(31)15-29-14-22(20-4-2-3-5-21(20)29)33-16-23(30)27-19-8-6-18(7-9-19)25(26)32/h2-9,14,17H,10-13,15-16H2,1H3,(H2,26,32)(H,27,30). The summed E-state index contributed by atoms with van der Waals surface area (Å²) in [5.74, 6) is 0.382. The van der Waals surface area contributed by atoms with Crippen molar-refractivity contribution in [3.63, 3.8) is 0 Å². The number of hydrogen-bond acceptors (Lipinski definition) is 4. The lowest BCUT2D eigenvalue weighted by Gasteiger charge is -2.30. The number of hydrogen-bond donors (Lipinski definition) is 2. The lowest BCUT2D eigenvalue weighted by atomic mass is 9.99. The molecule has 0 bridgehead atoms. The van der Waals surface area contributed by atoms with Crippen molar-refractivity contribution in [2.45, 2.75) is 31.2 Å². The van der Waals surface area contributed by atoms with E-state index in [0.717, 1.165) is 41.7 Å². The first-order chi connectivity index (χ1) is 15.9. The molecule has 2 aromatic carbocycles. The number of rotatable bonds is 7. The molecule has 3 N–H and O–H groups in total. The van der Waals surface area contributed by atoms with Gasteiger partial charge in [-0.2, -0.15) is 0 Å². The number of nitrogens with two attached hydrogens (primary N) is 1. The van der Waals surface area contributed by atoms with Crippen molar-refractivity contribution in [3.05, 3.63) is 60.3 Å². The van der Waals surface area contributed by atoms with Crippen LogP contribution in [0.15, 0.2) is 59.6 Å². The Morgan fingerprint density at radius 3 is 2.45 bits per heavy atom. The number of nitrogens with one attached hydrogen (secondary N) is 1. The van der Waals surface area contributed by atoms with Gasteiger partial charge in [0.25, 0.3) is 0 Å². The highest BCUT2D eigenvalue weighted by Gasteiger charge is 2.21. The topological polar surface area (TPSA) is 97.4 Å². The fourth-order valence-electron chi connectivity index (χ4n) is 4.02. The summed E-state index contributed by atoms with van der Waals surface area (Å²) < 4.78 is 1.98. The van der Waals surface area contributed by atoms with E-state index in [1.165, 1.54) is 11.8 Å². The third-order valence-corrected chi connectivity index (χ3v) is 7.05. The van der Waals surface area contributed by atoms with Gasteiger partial charge in [0.1, 0.15) is 6.54 Å². The molecule has 4 rings (SSSR count). The van der Waals surface area contributed by atoms with Crippen LogP contribution < -0.4 is 11.1 Å². The van der Waals surface area contributed by atoms with Gasteiger partial charge in [-0.1, -0.05) is 25.1 Å². The largest absolute Gasteiger partial charge is 0.366 e. The number of para-hydroxylation sites is 1. The summed E-state index contributed by atoms with van der Waals surface area (Å²) >= 11 is 1.44. The second-order valence-corrected chi connectivity index (χ2v) is 9.50. The summed E-state index contributed by atoms with van der Waals surface area (Å²) in [4.78, 5) is 39.4.